The number of carbonyl (C=O) groups is 1. The zero-order valence-corrected chi connectivity index (χ0v) is 17.2. The Morgan fingerprint density at radius 2 is 2.00 bits per heavy atom. The zero-order valence-electron chi connectivity index (χ0n) is 15.6. The first-order valence-electron chi connectivity index (χ1n) is 8.88. The Balaban J connectivity index is 0.00000240. The minimum absolute atomic E-state index is 0. The van der Waals surface area contributed by atoms with Crippen molar-refractivity contribution in [3.8, 4) is 0 Å². The number of halogens is 3. The normalized spacial score (nSPS) is 13.8. The highest BCUT2D eigenvalue weighted by molar-refractivity contribution is 6.31. The highest BCUT2D eigenvalue weighted by atomic mass is 35.5. The van der Waals surface area contributed by atoms with Crippen LogP contribution in [0.2, 0.25) is 5.02 Å². The largest absolute Gasteiger partial charge is 0.378 e. The van der Waals surface area contributed by atoms with Crippen molar-refractivity contribution in [1.29, 1.82) is 0 Å². The van der Waals surface area contributed by atoms with Crippen molar-refractivity contribution >= 4 is 52.3 Å². The van der Waals surface area contributed by atoms with E-state index in [2.05, 4.69) is 15.3 Å². The second kappa shape index (κ2) is 8.90. The van der Waals surface area contributed by atoms with E-state index in [0.717, 1.165) is 5.69 Å². The molecule has 9 heteroatoms. The topological polar surface area (TPSA) is 67.4 Å². The summed E-state index contributed by atoms with van der Waals surface area (Å²) in [6, 6.07) is 8.05. The van der Waals surface area contributed by atoms with Gasteiger partial charge in [0.1, 0.15) is 5.82 Å². The van der Waals surface area contributed by atoms with Crippen molar-refractivity contribution in [2.24, 2.45) is 0 Å². The van der Waals surface area contributed by atoms with Gasteiger partial charge in [0.25, 0.3) is 5.91 Å². The van der Waals surface area contributed by atoms with E-state index in [0.29, 0.717) is 54.3 Å². The lowest BCUT2D eigenvalue weighted by Gasteiger charge is -2.27. The quantitative estimate of drug-likeness (QED) is 0.659. The van der Waals surface area contributed by atoms with Crippen LogP contribution in [0.3, 0.4) is 0 Å². The molecule has 1 aliphatic heterocycles. The first-order chi connectivity index (χ1) is 13.5. The third-order valence-corrected chi connectivity index (χ3v) is 4.88. The average Bonchev–Trinajstić information content (AvgIpc) is 2.71. The van der Waals surface area contributed by atoms with Crippen molar-refractivity contribution in [3.63, 3.8) is 0 Å². The molecule has 6 nitrogen and oxygen atoms in total. The van der Waals surface area contributed by atoms with Gasteiger partial charge in [-0.1, -0.05) is 11.6 Å². The van der Waals surface area contributed by atoms with E-state index in [1.165, 1.54) is 18.3 Å². The highest BCUT2D eigenvalue weighted by Gasteiger charge is 2.23. The maximum atomic E-state index is 13.5. The fourth-order valence-corrected chi connectivity index (χ4v) is 3.30. The Morgan fingerprint density at radius 1 is 1.24 bits per heavy atom. The molecule has 0 spiro atoms. The molecule has 0 bridgehead atoms. The van der Waals surface area contributed by atoms with Crippen molar-refractivity contribution in [1.82, 2.24) is 14.9 Å². The fraction of sp³-hybridized carbons (Fsp3) is 0.250. The lowest BCUT2D eigenvalue weighted by atomic mass is 10.1. The molecule has 0 radical (unpaired) electrons. The number of pyridine rings is 2. The molecule has 3 aromatic rings. The van der Waals surface area contributed by atoms with Gasteiger partial charge in [0.05, 0.1) is 29.5 Å². The number of nitrogens with zero attached hydrogens (tertiary/aromatic N) is 3. The van der Waals surface area contributed by atoms with Crippen molar-refractivity contribution in [3.05, 3.63) is 58.6 Å². The van der Waals surface area contributed by atoms with E-state index in [1.54, 1.807) is 11.0 Å². The predicted octanol–water partition coefficient (Wildman–Crippen LogP) is 4.37. The number of ether oxygens (including phenoxy) is 1. The number of anilines is 2. The smallest absolute Gasteiger partial charge is 0.257 e. The van der Waals surface area contributed by atoms with Crippen LogP contribution in [0.15, 0.2) is 36.5 Å². The molecule has 0 atom stereocenters. The molecule has 3 heterocycles. The number of rotatable bonds is 3. The number of morpholine rings is 1. The molecule has 1 N–H and O–H groups in total. The lowest BCUT2D eigenvalue weighted by molar-refractivity contribution is 0.0303. The molecule has 1 fully saturated rings. The van der Waals surface area contributed by atoms with Crippen LogP contribution in [0.5, 0.6) is 0 Å². The van der Waals surface area contributed by atoms with Crippen LogP contribution in [0.4, 0.5) is 15.8 Å². The van der Waals surface area contributed by atoms with Gasteiger partial charge in [-0.05, 0) is 37.3 Å². The maximum Gasteiger partial charge on any atom is 0.257 e. The second-order valence-electron chi connectivity index (χ2n) is 6.53. The molecule has 152 valence electrons. The molecule has 4 rings (SSSR count). The Bertz CT molecular complexity index is 1060. The van der Waals surface area contributed by atoms with Gasteiger partial charge in [0, 0.05) is 36.1 Å². The highest BCUT2D eigenvalue weighted by Crippen LogP contribution is 2.31. The van der Waals surface area contributed by atoms with E-state index in [1.807, 2.05) is 19.1 Å². The van der Waals surface area contributed by atoms with Crippen LogP contribution in [0.25, 0.3) is 11.0 Å². The Kier molecular flexibility index (Phi) is 6.52. The van der Waals surface area contributed by atoms with Gasteiger partial charge in [-0.3, -0.25) is 4.79 Å². The van der Waals surface area contributed by atoms with Crippen molar-refractivity contribution in [2.45, 2.75) is 6.92 Å². The number of aromatic nitrogens is 2. The number of aryl methyl sites for hydroxylation is 1. The van der Waals surface area contributed by atoms with Gasteiger partial charge >= 0.3 is 0 Å². The van der Waals surface area contributed by atoms with E-state index < -0.39 is 5.82 Å². The van der Waals surface area contributed by atoms with Crippen LogP contribution < -0.4 is 5.32 Å². The number of fused-ring (bicyclic) bond motifs is 1. The molecular weight excluding hydrogens is 418 g/mol. The van der Waals surface area contributed by atoms with Crippen molar-refractivity contribution in [2.75, 3.05) is 31.6 Å². The Hall–Kier alpha value is -2.48. The first-order valence-corrected chi connectivity index (χ1v) is 9.26. The molecule has 1 saturated heterocycles. The summed E-state index contributed by atoms with van der Waals surface area (Å²) in [5.41, 5.74) is 2.89. The SMILES string of the molecule is Cc1ccc2c(Nc3ccc(F)c(Cl)c3)c(C(=O)N3CCOCC3)cnc2n1.Cl. The molecule has 1 amide bonds. The zero-order chi connectivity index (χ0) is 19.7. The summed E-state index contributed by atoms with van der Waals surface area (Å²) in [6.45, 7) is 3.92. The van der Waals surface area contributed by atoms with Crippen LogP contribution >= 0.6 is 24.0 Å². The van der Waals surface area contributed by atoms with E-state index >= 15 is 0 Å². The summed E-state index contributed by atoms with van der Waals surface area (Å²) in [5, 5.41) is 3.91. The third-order valence-electron chi connectivity index (χ3n) is 4.59. The van der Waals surface area contributed by atoms with Gasteiger partial charge in [0.2, 0.25) is 0 Å². The average molecular weight is 437 g/mol. The number of amides is 1. The van der Waals surface area contributed by atoms with Gasteiger partial charge in [0.15, 0.2) is 5.65 Å². The monoisotopic (exact) mass is 436 g/mol. The molecular formula is C20H19Cl2FN4O2. The van der Waals surface area contributed by atoms with Crippen LogP contribution in [-0.2, 0) is 4.74 Å². The molecule has 0 unspecified atom stereocenters. The van der Waals surface area contributed by atoms with E-state index in [4.69, 9.17) is 16.3 Å². The second-order valence-corrected chi connectivity index (χ2v) is 6.94. The van der Waals surface area contributed by atoms with Gasteiger partial charge in [-0.15, -0.1) is 12.4 Å². The van der Waals surface area contributed by atoms with Gasteiger partial charge in [-0.25, -0.2) is 14.4 Å². The summed E-state index contributed by atoms with van der Waals surface area (Å²) in [5.74, 6) is -0.650. The minimum atomic E-state index is -0.506. The first kappa shape index (κ1) is 21.2. The standard InChI is InChI=1S/C20H18ClFN4O2.ClH/c1-12-2-4-14-18(25-13-3-5-17(22)16(21)10-13)15(11-23-19(14)24-12)20(27)26-6-8-28-9-7-26;/h2-5,10-11H,6-9H2,1H3,(H,23,24,25);1H. The Labute approximate surface area is 178 Å². The third kappa shape index (κ3) is 4.42. The van der Waals surface area contributed by atoms with Crippen molar-refractivity contribution < 1.29 is 13.9 Å². The van der Waals surface area contributed by atoms with Crippen LogP contribution in [0, 0.1) is 12.7 Å². The summed E-state index contributed by atoms with van der Waals surface area (Å²) in [6.07, 6.45) is 1.53. The number of benzene rings is 1. The number of nitrogens with one attached hydrogen (secondary N) is 1. The molecule has 1 aliphatic rings. The fourth-order valence-electron chi connectivity index (χ4n) is 3.12. The van der Waals surface area contributed by atoms with Gasteiger partial charge < -0.3 is 15.0 Å². The number of hydrogen-bond acceptors (Lipinski definition) is 5. The Morgan fingerprint density at radius 3 is 2.72 bits per heavy atom. The number of hydrogen-bond donors (Lipinski definition) is 1. The molecule has 29 heavy (non-hydrogen) atoms. The predicted molar refractivity (Wildman–Crippen MR) is 113 cm³/mol. The van der Waals surface area contributed by atoms with E-state index in [-0.39, 0.29) is 23.3 Å². The summed E-state index contributed by atoms with van der Waals surface area (Å²) in [4.78, 5) is 23.7. The summed E-state index contributed by atoms with van der Waals surface area (Å²) >= 11 is 5.91. The van der Waals surface area contributed by atoms with Crippen LogP contribution in [-0.4, -0.2) is 47.1 Å². The maximum absolute atomic E-state index is 13.5. The summed E-state index contributed by atoms with van der Waals surface area (Å²) in [7, 11) is 0. The summed E-state index contributed by atoms with van der Waals surface area (Å²) < 4.78 is 18.9. The van der Waals surface area contributed by atoms with Crippen LogP contribution in [0.1, 0.15) is 16.1 Å². The molecule has 2 aromatic heterocycles. The lowest BCUT2D eigenvalue weighted by Crippen LogP contribution is -2.41. The van der Waals surface area contributed by atoms with E-state index in [9.17, 15) is 9.18 Å². The number of carbonyl (C=O) groups excluding carboxylic acids is 1. The molecule has 0 saturated carbocycles. The minimum Gasteiger partial charge on any atom is -0.378 e. The molecule has 0 aliphatic carbocycles. The molecule has 1 aromatic carbocycles. The van der Waals surface area contributed by atoms with Gasteiger partial charge in [-0.2, -0.15) is 0 Å².